The Labute approximate surface area is 186 Å². The lowest BCUT2D eigenvalue weighted by atomic mass is 10.0. The van der Waals surface area contributed by atoms with Crippen molar-refractivity contribution in [1.82, 2.24) is 24.6 Å². The number of hydrogen-bond donors (Lipinski definition) is 0. The zero-order valence-corrected chi connectivity index (χ0v) is 18.4. The molecule has 9 nitrogen and oxygen atoms in total. The van der Waals surface area contributed by atoms with Crippen LogP contribution in [-0.4, -0.2) is 76.8 Å². The summed E-state index contributed by atoms with van der Waals surface area (Å²) in [6, 6.07) is 4.09. The molecule has 32 heavy (non-hydrogen) atoms. The molecule has 10 heteroatoms. The van der Waals surface area contributed by atoms with Crippen LogP contribution in [0.5, 0.6) is 5.75 Å². The van der Waals surface area contributed by atoms with Gasteiger partial charge in [0.25, 0.3) is 5.91 Å². The van der Waals surface area contributed by atoms with Gasteiger partial charge < -0.3 is 23.8 Å². The number of nitrogens with zero attached hydrogens (tertiary/aromatic N) is 5. The fraction of sp³-hybridized carbons (Fsp3) is 0.545. The highest BCUT2D eigenvalue weighted by atomic mass is 19.1. The minimum absolute atomic E-state index is 0.0399. The second-order valence-corrected chi connectivity index (χ2v) is 8.05. The predicted molar refractivity (Wildman–Crippen MR) is 113 cm³/mol. The van der Waals surface area contributed by atoms with Gasteiger partial charge in [-0.05, 0) is 37.5 Å². The second kappa shape index (κ2) is 9.64. The molecule has 1 atom stereocenters. The van der Waals surface area contributed by atoms with Crippen molar-refractivity contribution < 1.29 is 23.5 Å². The van der Waals surface area contributed by atoms with Crippen LogP contribution in [0.25, 0.3) is 0 Å². The van der Waals surface area contributed by atoms with E-state index in [9.17, 15) is 14.0 Å². The third-order valence-electron chi connectivity index (χ3n) is 6.13. The lowest BCUT2D eigenvalue weighted by molar-refractivity contribution is -0.139. The van der Waals surface area contributed by atoms with Crippen LogP contribution in [0.1, 0.15) is 47.3 Å². The standard InChI is InChI=1S/C22H28FN5O4/c1-31-14-20(29)27-9-4-3-5-17(27)21-25-24-19-8-10-26(11-12-28(19)21)22(30)15-6-7-18(32-2)16(23)13-15/h6-7,13,17H,3-5,8-12,14H2,1-2H3. The Hall–Kier alpha value is -3.01. The normalized spacial score (nSPS) is 18.8. The van der Waals surface area contributed by atoms with Gasteiger partial charge in [-0.15, -0.1) is 10.2 Å². The first-order valence-corrected chi connectivity index (χ1v) is 10.9. The van der Waals surface area contributed by atoms with Crippen LogP contribution in [0.15, 0.2) is 18.2 Å². The minimum Gasteiger partial charge on any atom is -0.494 e. The molecule has 0 spiro atoms. The van der Waals surface area contributed by atoms with E-state index in [4.69, 9.17) is 9.47 Å². The molecule has 2 aromatic rings. The fourth-order valence-corrected chi connectivity index (χ4v) is 4.48. The molecule has 2 aliphatic heterocycles. The summed E-state index contributed by atoms with van der Waals surface area (Å²) in [5, 5.41) is 8.79. The molecule has 0 radical (unpaired) electrons. The topological polar surface area (TPSA) is 89.8 Å². The van der Waals surface area contributed by atoms with Crippen LogP contribution in [0.3, 0.4) is 0 Å². The zero-order chi connectivity index (χ0) is 22.7. The number of halogens is 1. The van der Waals surface area contributed by atoms with Gasteiger partial charge in [-0.3, -0.25) is 9.59 Å². The number of benzene rings is 1. The van der Waals surface area contributed by atoms with E-state index in [1.165, 1.54) is 26.4 Å². The Balaban J connectivity index is 1.51. The number of fused-ring (bicyclic) bond motifs is 1. The quantitative estimate of drug-likeness (QED) is 0.698. The average Bonchev–Trinajstić information content (AvgIpc) is 3.09. The average molecular weight is 445 g/mol. The van der Waals surface area contributed by atoms with Gasteiger partial charge in [0.05, 0.1) is 13.2 Å². The van der Waals surface area contributed by atoms with Crippen molar-refractivity contribution in [3.05, 3.63) is 41.2 Å². The first-order chi connectivity index (χ1) is 15.5. The molecule has 1 saturated heterocycles. The summed E-state index contributed by atoms with van der Waals surface area (Å²) in [6.45, 7) is 2.14. The molecule has 2 aliphatic rings. The molecule has 172 valence electrons. The SMILES string of the molecule is COCC(=O)N1CCCCC1c1nnc2n1CCN(C(=O)c1ccc(OC)c(F)c1)CC2. The van der Waals surface area contributed by atoms with Crippen LogP contribution in [0.2, 0.25) is 0 Å². The van der Waals surface area contributed by atoms with Gasteiger partial charge in [-0.1, -0.05) is 0 Å². The number of carbonyl (C=O) groups excluding carboxylic acids is 2. The van der Waals surface area contributed by atoms with Crippen molar-refractivity contribution in [3.63, 3.8) is 0 Å². The third-order valence-corrected chi connectivity index (χ3v) is 6.13. The maximum Gasteiger partial charge on any atom is 0.254 e. The Kier molecular flexibility index (Phi) is 6.69. The van der Waals surface area contributed by atoms with E-state index in [2.05, 4.69) is 10.2 Å². The van der Waals surface area contributed by atoms with Crippen molar-refractivity contribution in [2.45, 2.75) is 38.3 Å². The van der Waals surface area contributed by atoms with E-state index in [1.807, 2.05) is 9.47 Å². The van der Waals surface area contributed by atoms with Gasteiger partial charge in [-0.2, -0.15) is 0 Å². The molecule has 4 rings (SSSR count). The van der Waals surface area contributed by atoms with Gasteiger partial charge in [0, 0.05) is 45.3 Å². The lowest BCUT2D eigenvalue weighted by Gasteiger charge is -2.35. The number of hydrogen-bond acceptors (Lipinski definition) is 6. The van der Waals surface area contributed by atoms with Crippen LogP contribution < -0.4 is 4.74 Å². The van der Waals surface area contributed by atoms with Gasteiger partial charge in [0.15, 0.2) is 17.4 Å². The van der Waals surface area contributed by atoms with Crippen molar-refractivity contribution >= 4 is 11.8 Å². The molecule has 1 aromatic heterocycles. The maximum atomic E-state index is 14.1. The van der Waals surface area contributed by atoms with Gasteiger partial charge >= 0.3 is 0 Å². The van der Waals surface area contributed by atoms with E-state index in [-0.39, 0.29) is 35.8 Å². The van der Waals surface area contributed by atoms with E-state index in [0.29, 0.717) is 32.6 Å². The van der Waals surface area contributed by atoms with Crippen molar-refractivity contribution in [1.29, 1.82) is 0 Å². The van der Waals surface area contributed by atoms with Crippen molar-refractivity contribution in [3.8, 4) is 5.75 Å². The summed E-state index contributed by atoms with van der Waals surface area (Å²) >= 11 is 0. The Morgan fingerprint density at radius 2 is 1.97 bits per heavy atom. The number of piperidine rings is 1. The lowest BCUT2D eigenvalue weighted by Crippen LogP contribution is -2.41. The number of likely N-dealkylation sites (tertiary alicyclic amines) is 1. The largest absolute Gasteiger partial charge is 0.494 e. The molecular formula is C22H28FN5O4. The second-order valence-electron chi connectivity index (χ2n) is 8.05. The summed E-state index contributed by atoms with van der Waals surface area (Å²) < 4.78 is 26.1. The van der Waals surface area contributed by atoms with Gasteiger partial charge in [-0.25, -0.2) is 4.39 Å². The zero-order valence-electron chi connectivity index (χ0n) is 18.4. The summed E-state index contributed by atoms with van der Waals surface area (Å²) in [5.41, 5.74) is 0.282. The number of rotatable bonds is 5. The van der Waals surface area contributed by atoms with E-state index in [1.54, 1.807) is 11.0 Å². The highest BCUT2D eigenvalue weighted by Crippen LogP contribution is 2.31. The van der Waals surface area contributed by atoms with Gasteiger partial charge in [0.2, 0.25) is 5.91 Å². The molecule has 0 aliphatic carbocycles. The van der Waals surface area contributed by atoms with Crippen LogP contribution in [0.4, 0.5) is 4.39 Å². The number of aromatic nitrogens is 3. The van der Waals surface area contributed by atoms with E-state index in [0.717, 1.165) is 30.9 Å². The third kappa shape index (κ3) is 4.32. The van der Waals surface area contributed by atoms with Crippen LogP contribution >= 0.6 is 0 Å². The molecule has 1 aromatic carbocycles. The molecule has 1 fully saturated rings. The highest BCUT2D eigenvalue weighted by Gasteiger charge is 2.33. The molecule has 0 saturated carbocycles. The molecule has 1 unspecified atom stereocenters. The van der Waals surface area contributed by atoms with Crippen LogP contribution in [-0.2, 0) is 22.5 Å². The Bertz CT molecular complexity index is 995. The van der Waals surface area contributed by atoms with Crippen LogP contribution in [0, 0.1) is 5.82 Å². The van der Waals surface area contributed by atoms with E-state index < -0.39 is 5.82 Å². The first kappa shape index (κ1) is 22.2. The monoisotopic (exact) mass is 445 g/mol. The summed E-state index contributed by atoms with van der Waals surface area (Å²) in [6.07, 6.45) is 3.32. The van der Waals surface area contributed by atoms with E-state index >= 15 is 0 Å². The Morgan fingerprint density at radius 1 is 1.12 bits per heavy atom. The molecular weight excluding hydrogens is 417 g/mol. The predicted octanol–water partition coefficient (Wildman–Crippen LogP) is 1.82. The van der Waals surface area contributed by atoms with Crippen molar-refractivity contribution in [2.24, 2.45) is 0 Å². The summed E-state index contributed by atoms with van der Waals surface area (Å²) in [4.78, 5) is 29.1. The fourth-order valence-electron chi connectivity index (χ4n) is 4.48. The van der Waals surface area contributed by atoms with Crippen molar-refractivity contribution in [2.75, 3.05) is 40.5 Å². The number of amides is 2. The molecule has 0 N–H and O–H groups in total. The molecule has 2 amide bonds. The highest BCUT2D eigenvalue weighted by molar-refractivity contribution is 5.94. The number of ether oxygens (including phenoxy) is 2. The summed E-state index contributed by atoms with van der Waals surface area (Å²) in [5.74, 6) is 0.803. The number of methoxy groups -OCH3 is 2. The number of carbonyl (C=O) groups is 2. The minimum atomic E-state index is -0.564. The molecule has 3 heterocycles. The first-order valence-electron chi connectivity index (χ1n) is 10.9. The smallest absolute Gasteiger partial charge is 0.254 e. The maximum absolute atomic E-state index is 14.1. The molecule has 0 bridgehead atoms. The Morgan fingerprint density at radius 3 is 2.72 bits per heavy atom. The summed E-state index contributed by atoms with van der Waals surface area (Å²) in [7, 11) is 2.90. The van der Waals surface area contributed by atoms with Gasteiger partial charge in [0.1, 0.15) is 12.4 Å².